The summed E-state index contributed by atoms with van der Waals surface area (Å²) in [5, 5.41) is 14.4. The first-order chi connectivity index (χ1) is 11.6. The molecular weight excluding hydrogens is 328 g/mol. The van der Waals surface area contributed by atoms with Crippen LogP contribution in [0, 0.1) is 6.92 Å². The highest BCUT2D eigenvalue weighted by atomic mass is 32.1. The number of ether oxygens (including phenoxy) is 1. The van der Waals surface area contributed by atoms with Crippen LogP contribution >= 0.6 is 11.3 Å². The molecule has 0 aliphatic carbocycles. The molecule has 0 spiro atoms. The standard InChI is InChI=1S/C15H20N6O2S/c1-10-9-21(5-6-23-10)13-4-3-12(7-16-13)8-17-14(22)18-15-20-19-11(2)24-15/h3-4,7,10H,5-6,8-9H2,1-2H3,(H2,17,18,20,22). The van der Waals surface area contributed by atoms with Crippen molar-refractivity contribution in [3.8, 4) is 0 Å². The quantitative estimate of drug-likeness (QED) is 0.875. The fourth-order valence-corrected chi connectivity index (χ4v) is 2.99. The second-order valence-electron chi connectivity index (χ2n) is 5.59. The van der Waals surface area contributed by atoms with Gasteiger partial charge < -0.3 is 15.0 Å². The minimum Gasteiger partial charge on any atom is -0.375 e. The number of pyridine rings is 1. The molecule has 0 saturated carbocycles. The molecule has 1 saturated heterocycles. The lowest BCUT2D eigenvalue weighted by atomic mass is 10.2. The molecule has 2 aromatic heterocycles. The Morgan fingerprint density at radius 1 is 1.46 bits per heavy atom. The van der Waals surface area contributed by atoms with Crippen LogP contribution in [0.1, 0.15) is 17.5 Å². The van der Waals surface area contributed by atoms with Crippen molar-refractivity contribution in [3.63, 3.8) is 0 Å². The summed E-state index contributed by atoms with van der Waals surface area (Å²) < 4.78 is 5.54. The first kappa shape index (κ1) is 16.6. The number of hydrogen-bond donors (Lipinski definition) is 2. The molecule has 3 rings (SSSR count). The van der Waals surface area contributed by atoms with E-state index in [-0.39, 0.29) is 12.1 Å². The van der Waals surface area contributed by atoms with Gasteiger partial charge in [0.15, 0.2) is 0 Å². The molecule has 2 N–H and O–H groups in total. The number of aryl methyl sites for hydroxylation is 1. The first-order valence-corrected chi connectivity index (χ1v) is 8.58. The minimum absolute atomic E-state index is 0.217. The van der Waals surface area contributed by atoms with Crippen LogP contribution in [0.5, 0.6) is 0 Å². The highest BCUT2D eigenvalue weighted by Crippen LogP contribution is 2.16. The molecule has 0 radical (unpaired) electrons. The van der Waals surface area contributed by atoms with E-state index in [0.29, 0.717) is 11.7 Å². The second-order valence-corrected chi connectivity index (χ2v) is 6.77. The Hall–Kier alpha value is -2.26. The van der Waals surface area contributed by atoms with Gasteiger partial charge in [0, 0.05) is 25.8 Å². The molecule has 1 fully saturated rings. The fourth-order valence-electron chi connectivity index (χ4n) is 2.41. The van der Waals surface area contributed by atoms with Crippen molar-refractivity contribution in [1.82, 2.24) is 20.5 Å². The van der Waals surface area contributed by atoms with Crippen LogP contribution in [0.4, 0.5) is 15.7 Å². The van der Waals surface area contributed by atoms with E-state index in [9.17, 15) is 4.79 Å². The molecule has 2 amide bonds. The summed E-state index contributed by atoms with van der Waals surface area (Å²) in [6.07, 6.45) is 2.00. The van der Waals surface area contributed by atoms with E-state index in [1.165, 1.54) is 11.3 Å². The van der Waals surface area contributed by atoms with Gasteiger partial charge in [-0.15, -0.1) is 10.2 Å². The molecule has 1 unspecified atom stereocenters. The predicted molar refractivity (Wildman–Crippen MR) is 92.4 cm³/mol. The van der Waals surface area contributed by atoms with Crippen LogP contribution in [-0.4, -0.2) is 47.0 Å². The van der Waals surface area contributed by atoms with Gasteiger partial charge >= 0.3 is 6.03 Å². The third kappa shape index (κ3) is 4.39. The molecule has 3 heterocycles. The Labute approximate surface area is 144 Å². The van der Waals surface area contributed by atoms with Crippen molar-refractivity contribution in [2.75, 3.05) is 29.9 Å². The number of urea groups is 1. The zero-order valence-electron chi connectivity index (χ0n) is 13.7. The third-order valence-corrected chi connectivity index (χ3v) is 4.33. The number of aromatic nitrogens is 3. The molecule has 0 bridgehead atoms. The maximum atomic E-state index is 11.8. The zero-order valence-corrected chi connectivity index (χ0v) is 14.5. The molecular formula is C15H20N6O2S. The van der Waals surface area contributed by atoms with E-state index in [1.54, 1.807) is 6.20 Å². The molecule has 1 atom stereocenters. The summed E-state index contributed by atoms with van der Waals surface area (Å²) in [4.78, 5) is 18.5. The first-order valence-electron chi connectivity index (χ1n) is 7.76. The molecule has 1 aliphatic rings. The number of nitrogens with one attached hydrogen (secondary N) is 2. The number of anilines is 2. The van der Waals surface area contributed by atoms with E-state index in [1.807, 2.05) is 19.1 Å². The Morgan fingerprint density at radius 2 is 2.33 bits per heavy atom. The van der Waals surface area contributed by atoms with Gasteiger partial charge in [-0.3, -0.25) is 5.32 Å². The minimum atomic E-state index is -0.308. The van der Waals surface area contributed by atoms with Crippen molar-refractivity contribution in [2.24, 2.45) is 0 Å². The SMILES string of the molecule is Cc1nnc(NC(=O)NCc2ccc(N3CCOC(C)C3)nc2)s1. The summed E-state index contributed by atoms with van der Waals surface area (Å²) in [5.74, 6) is 0.933. The monoisotopic (exact) mass is 348 g/mol. The third-order valence-electron chi connectivity index (χ3n) is 3.57. The molecule has 9 heteroatoms. The van der Waals surface area contributed by atoms with Crippen LogP contribution in [-0.2, 0) is 11.3 Å². The Morgan fingerprint density at radius 3 is 3.00 bits per heavy atom. The molecule has 0 aromatic carbocycles. The number of morpholine rings is 1. The number of rotatable bonds is 4. The predicted octanol–water partition coefficient (Wildman–Crippen LogP) is 1.79. The van der Waals surface area contributed by atoms with Gasteiger partial charge in [-0.2, -0.15) is 0 Å². The zero-order chi connectivity index (χ0) is 16.9. The van der Waals surface area contributed by atoms with Crippen molar-refractivity contribution in [1.29, 1.82) is 0 Å². The van der Waals surface area contributed by atoms with Gasteiger partial charge in [-0.25, -0.2) is 9.78 Å². The van der Waals surface area contributed by atoms with Gasteiger partial charge in [0.1, 0.15) is 10.8 Å². The Balaban J connectivity index is 1.49. The van der Waals surface area contributed by atoms with Crippen molar-refractivity contribution < 1.29 is 9.53 Å². The van der Waals surface area contributed by atoms with Crippen LogP contribution in [0.3, 0.4) is 0 Å². The van der Waals surface area contributed by atoms with E-state index >= 15 is 0 Å². The normalized spacial score (nSPS) is 17.6. The molecule has 1 aliphatic heterocycles. The Bertz CT molecular complexity index is 690. The van der Waals surface area contributed by atoms with E-state index in [2.05, 4.69) is 37.6 Å². The highest BCUT2D eigenvalue weighted by molar-refractivity contribution is 7.15. The lowest BCUT2D eigenvalue weighted by Gasteiger charge is -2.32. The number of hydrogen-bond acceptors (Lipinski definition) is 7. The fraction of sp³-hybridized carbons (Fsp3) is 0.467. The van der Waals surface area contributed by atoms with Gasteiger partial charge in [-0.05, 0) is 25.5 Å². The Kier molecular flexibility index (Phi) is 5.21. The van der Waals surface area contributed by atoms with Crippen LogP contribution in [0.15, 0.2) is 18.3 Å². The number of carbonyl (C=O) groups is 1. The maximum absolute atomic E-state index is 11.8. The largest absolute Gasteiger partial charge is 0.375 e. The van der Waals surface area contributed by atoms with Crippen molar-refractivity contribution in [2.45, 2.75) is 26.5 Å². The summed E-state index contributed by atoms with van der Waals surface area (Å²) in [6.45, 7) is 6.70. The van der Waals surface area contributed by atoms with Crippen LogP contribution < -0.4 is 15.5 Å². The van der Waals surface area contributed by atoms with Gasteiger partial charge in [0.2, 0.25) is 5.13 Å². The summed E-state index contributed by atoms with van der Waals surface area (Å²) in [6, 6.07) is 3.64. The highest BCUT2D eigenvalue weighted by Gasteiger charge is 2.17. The lowest BCUT2D eigenvalue weighted by Crippen LogP contribution is -2.41. The van der Waals surface area contributed by atoms with Crippen molar-refractivity contribution in [3.05, 3.63) is 28.9 Å². The summed E-state index contributed by atoms with van der Waals surface area (Å²) in [5.41, 5.74) is 0.934. The van der Waals surface area contributed by atoms with Crippen molar-refractivity contribution >= 4 is 28.3 Å². The van der Waals surface area contributed by atoms with Gasteiger partial charge in [0.05, 0.1) is 12.7 Å². The van der Waals surface area contributed by atoms with Gasteiger partial charge in [-0.1, -0.05) is 17.4 Å². The summed E-state index contributed by atoms with van der Waals surface area (Å²) in [7, 11) is 0. The maximum Gasteiger partial charge on any atom is 0.321 e. The van der Waals surface area contributed by atoms with Crippen LogP contribution in [0.25, 0.3) is 0 Å². The molecule has 128 valence electrons. The number of nitrogens with zero attached hydrogens (tertiary/aromatic N) is 4. The molecule has 2 aromatic rings. The number of carbonyl (C=O) groups excluding carboxylic acids is 1. The van der Waals surface area contributed by atoms with E-state index in [4.69, 9.17) is 4.74 Å². The molecule has 24 heavy (non-hydrogen) atoms. The average molecular weight is 348 g/mol. The van der Waals surface area contributed by atoms with E-state index < -0.39 is 0 Å². The van der Waals surface area contributed by atoms with Gasteiger partial charge in [0.25, 0.3) is 0 Å². The second kappa shape index (κ2) is 7.54. The number of amides is 2. The summed E-state index contributed by atoms with van der Waals surface area (Å²) >= 11 is 1.33. The molecule has 8 nitrogen and oxygen atoms in total. The lowest BCUT2D eigenvalue weighted by molar-refractivity contribution is 0.0529. The topological polar surface area (TPSA) is 92.3 Å². The van der Waals surface area contributed by atoms with Crippen LogP contribution in [0.2, 0.25) is 0 Å². The van der Waals surface area contributed by atoms with E-state index in [0.717, 1.165) is 36.1 Å². The smallest absolute Gasteiger partial charge is 0.321 e. The average Bonchev–Trinajstić information content (AvgIpc) is 2.98.